The Bertz CT molecular complexity index is 731. The fourth-order valence-corrected chi connectivity index (χ4v) is 2.03. The predicted octanol–water partition coefficient (Wildman–Crippen LogP) is 1.93. The fourth-order valence-electron chi connectivity index (χ4n) is 2.03. The van der Waals surface area contributed by atoms with E-state index in [4.69, 9.17) is 14.2 Å². The van der Waals surface area contributed by atoms with E-state index in [0.717, 1.165) is 0 Å². The molecule has 25 heavy (non-hydrogen) atoms. The van der Waals surface area contributed by atoms with Crippen LogP contribution in [0.25, 0.3) is 0 Å². The molecule has 2 aromatic rings. The van der Waals surface area contributed by atoms with E-state index in [1.54, 1.807) is 62.6 Å². The smallest absolute Gasteiger partial charge is 0.279 e. The standard InChI is InChI=1S/C18H20N2O5/c1-12(25-14-10-8-13(23-2)9-11-14)17(21)19-20-18(22)15-6-4-5-7-16(15)24-3/h4-12H,1-3H3,(H,19,21)(H,20,22). The van der Waals surface area contributed by atoms with Crippen molar-refractivity contribution in [2.24, 2.45) is 0 Å². The molecule has 0 spiro atoms. The topological polar surface area (TPSA) is 85.9 Å². The molecular formula is C18H20N2O5. The van der Waals surface area contributed by atoms with Gasteiger partial charge in [-0.2, -0.15) is 0 Å². The molecule has 132 valence electrons. The zero-order chi connectivity index (χ0) is 18.2. The van der Waals surface area contributed by atoms with Gasteiger partial charge in [0.15, 0.2) is 6.10 Å². The lowest BCUT2D eigenvalue weighted by atomic mass is 10.2. The van der Waals surface area contributed by atoms with E-state index in [2.05, 4.69) is 10.9 Å². The molecule has 0 aromatic heterocycles. The van der Waals surface area contributed by atoms with Crippen molar-refractivity contribution < 1.29 is 23.8 Å². The van der Waals surface area contributed by atoms with Gasteiger partial charge in [-0.05, 0) is 43.3 Å². The lowest BCUT2D eigenvalue weighted by molar-refractivity contribution is -0.128. The molecule has 1 atom stereocenters. The summed E-state index contributed by atoms with van der Waals surface area (Å²) in [4.78, 5) is 24.2. The zero-order valence-corrected chi connectivity index (χ0v) is 14.2. The minimum absolute atomic E-state index is 0.314. The van der Waals surface area contributed by atoms with Crippen molar-refractivity contribution in [1.29, 1.82) is 0 Å². The van der Waals surface area contributed by atoms with Crippen LogP contribution in [0.4, 0.5) is 0 Å². The highest BCUT2D eigenvalue weighted by atomic mass is 16.5. The number of hydrogen-bond acceptors (Lipinski definition) is 5. The Morgan fingerprint density at radius 3 is 2.16 bits per heavy atom. The monoisotopic (exact) mass is 344 g/mol. The van der Waals surface area contributed by atoms with E-state index in [1.165, 1.54) is 7.11 Å². The van der Waals surface area contributed by atoms with E-state index in [0.29, 0.717) is 22.8 Å². The van der Waals surface area contributed by atoms with Crippen molar-refractivity contribution in [2.75, 3.05) is 14.2 Å². The SMILES string of the molecule is COc1ccc(OC(C)C(=O)NNC(=O)c2ccccc2OC)cc1. The number of nitrogens with one attached hydrogen (secondary N) is 2. The maximum atomic E-state index is 12.1. The van der Waals surface area contributed by atoms with Crippen molar-refractivity contribution in [3.05, 3.63) is 54.1 Å². The van der Waals surface area contributed by atoms with Gasteiger partial charge in [0.2, 0.25) is 0 Å². The highest BCUT2D eigenvalue weighted by molar-refractivity contribution is 5.98. The highest BCUT2D eigenvalue weighted by Crippen LogP contribution is 2.18. The summed E-state index contributed by atoms with van der Waals surface area (Å²) in [6.45, 7) is 1.58. The number of ether oxygens (including phenoxy) is 3. The van der Waals surface area contributed by atoms with Crippen LogP contribution >= 0.6 is 0 Å². The van der Waals surface area contributed by atoms with Gasteiger partial charge in [0.05, 0.1) is 19.8 Å². The maximum Gasteiger partial charge on any atom is 0.279 e. The quantitative estimate of drug-likeness (QED) is 0.782. The second-order valence-corrected chi connectivity index (χ2v) is 5.08. The van der Waals surface area contributed by atoms with Crippen LogP contribution in [0.3, 0.4) is 0 Å². The summed E-state index contributed by atoms with van der Waals surface area (Å²) in [5.74, 6) is 0.645. The number of rotatable bonds is 6. The Balaban J connectivity index is 1.89. The van der Waals surface area contributed by atoms with Crippen LogP contribution in [0.15, 0.2) is 48.5 Å². The van der Waals surface area contributed by atoms with E-state index < -0.39 is 17.9 Å². The Kier molecular flexibility index (Phi) is 6.22. The molecule has 2 amide bonds. The largest absolute Gasteiger partial charge is 0.497 e. The molecule has 2 N–H and O–H groups in total. The van der Waals surface area contributed by atoms with Crippen LogP contribution in [0.5, 0.6) is 17.2 Å². The van der Waals surface area contributed by atoms with Crippen LogP contribution in [-0.4, -0.2) is 32.1 Å². The normalized spacial score (nSPS) is 11.2. The summed E-state index contributed by atoms with van der Waals surface area (Å²) >= 11 is 0. The van der Waals surface area contributed by atoms with Gasteiger partial charge in [-0.3, -0.25) is 20.4 Å². The minimum Gasteiger partial charge on any atom is -0.497 e. The van der Waals surface area contributed by atoms with E-state index in [-0.39, 0.29) is 0 Å². The molecule has 0 aliphatic carbocycles. The maximum absolute atomic E-state index is 12.1. The van der Waals surface area contributed by atoms with Crippen molar-refractivity contribution >= 4 is 11.8 Å². The summed E-state index contributed by atoms with van der Waals surface area (Å²) in [6.07, 6.45) is -0.800. The number of carbonyl (C=O) groups excluding carboxylic acids is 2. The zero-order valence-electron chi connectivity index (χ0n) is 14.2. The number of hydrazine groups is 1. The summed E-state index contributed by atoms with van der Waals surface area (Å²) in [6, 6.07) is 13.5. The summed E-state index contributed by atoms with van der Waals surface area (Å²) < 4.78 is 15.7. The van der Waals surface area contributed by atoms with Crippen LogP contribution in [0, 0.1) is 0 Å². The van der Waals surface area contributed by atoms with Crippen LogP contribution < -0.4 is 25.1 Å². The lowest BCUT2D eigenvalue weighted by Gasteiger charge is -2.16. The van der Waals surface area contributed by atoms with Crippen LogP contribution in [-0.2, 0) is 4.79 Å². The predicted molar refractivity (Wildman–Crippen MR) is 91.7 cm³/mol. The van der Waals surface area contributed by atoms with Crippen molar-refractivity contribution in [2.45, 2.75) is 13.0 Å². The third-order valence-corrected chi connectivity index (χ3v) is 3.39. The third-order valence-electron chi connectivity index (χ3n) is 3.39. The Labute approximate surface area is 145 Å². The number of amides is 2. The number of hydrogen-bond donors (Lipinski definition) is 2. The van der Waals surface area contributed by atoms with E-state index >= 15 is 0 Å². The number of para-hydroxylation sites is 1. The Morgan fingerprint density at radius 1 is 0.880 bits per heavy atom. The third kappa shape index (κ3) is 4.87. The first-order chi connectivity index (χ1) is 12.0. The number of methoxy groups -OCH3 is 2. The molecule has 7 nitrogen and oxygen atoms in total. The minimum atomic E-state index is -0.800. The molecular weight excluding hydrogens is 324 g/mol. The average Bonchev–Trinajstić information content (AvgIpc) is 2.66. The molecule has 0 radical (unpaired) electrons. The highest BCUT2D eigenvalue weighted by Gasteiger charge is 2.17. The molecule has 0 aliphatic heterocycles. The second kappa shape index (κ2) is 8.58. The van der Waals surface area contributed by atoms with Gasteiger partial charge < -0.3 is 14.2 Å². The van der Waals surface area contributed by atoms with Gasteiger partial charge in [-0.1, -0.05) is 12.1 Å². The molecule has 1 unspecified atom stereocenters. The van der Waals surface area contributed by atoms with Gasteiger partial charge in [0.25, 0.3) is 11.8 Å². The number of benzene rings is 2. The molecule has 0 saturated carbocycles. The van der Waals surface area contributed by atoms with Gasteiger partial charge in [0.1, 0.15) is 17.2 Å². The molecule has 2 aromatic carbocycles. The van der Waals surface area contributed by atoms with Gasteiger partial charge in [-0.25, -0.2) is 0 Å². The van der Waals surface area contributed by atoms with Crippen LogP contribution in [0.2, 0.25) is 0 Å². The lowest BCUT2D eigenvalue weighted by Crippen LogP contribution is -2.47. The molecule has 0 bridgehead atoms. The fraction of sp³-hybridized carbons (Fsp3) is 0.222. The van der Waals surface area contributed by atoms with Crippen LogP contribution in [0.1, 0.15) is 17.3 Å². The van der Waals surface area contributed by atoms with Crippen molar-refractivity contribution in [1.82, 2.24) is 10.9 Å². The Hall–Kier alpha value is -3.22. The first-order valence-corrected chi connectivity index (χ1v) is 7.59. The van der Waals surface area contributed by atoms with Crippen molar-refractivity contribution in [3.63, 3.8) is 0 Å². The molecule has 0 saturated heterocycles. The average molecular weight is 344 g/mol. The second-order valence-electron chi connectivity index (χ2n) is 5.08. The van der Waals surface area contributed by atoms with E-state index in [9.17, 15) is 9.59 Å². The molecule has 7 heteroatoms. The Morgan fingerprint density at radius 2 is 1.52 bits per heavy atom. The van der Waals surface area contributed by atoms with Crippen molar-refractivity contribution in [3.8, 4) is 17.2 Å². The summed E-state index contributed by atoms with van der Waals surface area (Å²) in [5.41, 5.74) is 4.98. The molecule has 0 fully saturated rings. The first kappa shape index (κ1) is 18.1. The van der Waals surface area contributed by atoms with Gasteiger partial charge in [-0.15, -0.1) is 0 Å². The molecule has 2 rings (SSSR count). The number of carbonyl (C=O) groups is 2. The summed E-state index contributed by atoms with van der Waals surface area (Å²) in [7, 11) is 3.03. The van der Waals surface area contributed by atoms with E-state index in [1.807, 2.05) is 0 Å². The molecule has 0 aliphatic rings. The van der Waals surface area contributed by atoms with Gasteiger partial charge in [0, 0.05) is 0 Å². The first-order valence-electron chi connectivity index (χ1n) is 7.59. The van der Waals surface area contributed by atoms with Gasteiger partial charge >= 0.3 is 0 Å². The summed E-state index contributed by atoms with van der Waals surface area (Å²) in [5, 5.41) is 0. The molecule has 0 heterocycles.